The molecular weight excluding hydrogens is 268 g/mol. The zero-order valence-corrected chi connectivity index (χ0v) is 13.7. The van der Waals surface area contributed by atoms with Crippen molar-refractivity contribution in [1.29, 1.82) is 0 Å². The lowest BCUT2D eigenvalue weighted by Crippen LogP contribution is -2.31. The number of aryl methyl sites for hydroxylation is 1. The van der Waals surface area contributed by atoms with Crippen LogP contribution < -0.4 is 5.73 Å². The van der Waals surface area contributed by atoms with Crippen LogP contribution in [0.25, 0.3) is 11.1 Å². The first kappa shape index (κ1) is 15.3. The molecule has 2 heteroatoms. The van der Waals surface area contributed by atoms with Gasteiger partial charge in [0.2, 0.25) is 0 Å². The first-order valence-electron chi connectivity index (χ1n) is 8.17. The van der Waals surface area contributed by atoms with E-state index in [1.54, 1.807) is 0 Å². The first-order chi connectivity index (χ1) is 10.6. The molecule has 0 bridgehead atoms. The van der Waals surface area contributed by atoms with E-state index in [0.717, 1.165) is 26.2 Å². The van der Waals surface area contributed by atoms with Crippen LogP contribution in [0.4, 0.5) is 0 Å². The summed E-state index contributed by atoms with van der Waals surface area (Å²) < 4.78 is 0. The van der Waals surface area contributed by atoms with Crippen molar-refractivity contribution in [1.82, 2.24) is 4.90 Å². The van der Waals surface area contributed by atoms with Crippen LogP contribution in [0.15, 0.2) is 48.5 Å². The fourth-order valence-corrected chi connectivity index (χ4v) is 3.42. The number of nitrogens with zero attached hydrogens (tertiary/aromatic N) is 1. The van der Waals surface area contributed by atoms with E-state index in [1.165, 1.54) is 28.7 Å². The maximum absolute atomic E-state index is 5.91. The Morgan fingerprint density at radius 2 is 1.95 bits per heavy atom. The quantitative estimate of drug-likeness (QED) is 0.928. The summed E-state index contributed by atoms with van der Waals surface area (Å²) in [4.78, 5) is 2.53. The predicted molar refractivity (Wildman–Crippen MR) is 93.7 cm³/mol. The van der Waals surface area contributed by atoms with Crippen LogP contribution in [0.3, 0.4) is 0 Å². The number of hydrogen-bond acceptors (Lipinski definition) is 2. The molecule has 0 amide bonds. The molecule has 0 spiro atoms. The number of likely N-dealkylation sites (tertiary alicyclic amines) is 1. The fourth-order valence-electron chi connectivity index (χ4n) is 3.42. The second-order valence-corrected chi connectivity index (χ2v) is 6.99. The average Bonchev–Trinajstić information content (AvgIpc) is 2.90. The summed E-state index contributed by atoms with van der Waals surface area (Å²) in [7, 11) is 0. The molecular formula is C20H26N2. The van der Waals surface area contributed by atoms with Gasteiger partial charge in [0.15, 0.2) is 0 Å². The summed E-state index contributed by atoms with van der Waals surface area (Å²) in [6, 6.07) is 17.5. The second-order valence-electron chi connectivity index (χ2n) is 6.99. The van der Waals surface area contributed by atoms with Crippen molar-refractivity contribution in [2.75, 3.05) is 19.6 Å². The Morgan fingerprint density at radius 3 is 2.68 bits per heavy atom. The third-order valence-electron chi connectivity index (χ3n) is 4.92. The van der Waals surface area contributed by atoms with Crippen molar-refractivity contribution in [3.8, 4) is 11.1 Å². The Hall–Kier alpha value is -1.64. The highest BCUT2D eigenvalue weighted by molar-refractivity contribution is 5.67. The Bertz CT molecular complexity index is 650. The summed E-state index contributed by atoms with van der Waals surface area (Å²) in [6.45, 7) is 8.55. The van der Waals surface area contributed by atoms with E-state index in [9.17, 15) is 0 Å². The molecule has 1 saturated heterocycles. The van der Waals surface area contributed by atoms with E-state index in [0.29, 0.717) is 5.41 Å². The van der Waals surface area contributed by atoms with Crippen molar-refractivity contribution in [3.63, 3.8) is 0 Å². The third kappa shape index (κ3) is 3.23. The highest BCUT2D eigenvalue weighted by Gasteiger charge is 2.32. The molecule has 1 unspecified atom stereocenters. The van der Waals surface area contributed by atoms with Gasteiger partial charge in [-0.05, 0) is 60.2 Å². The maximum atomic E-state index is 5.91. The van der Waals surface area contributed by atoms with Gasteiger partial charge in [0.1, 0.15) is 0 Å². The van der Waals surface area contributed by atoms with Crippen LogP contribution in [0.2, 0.25) is 0 Å². The van der Waals surface area contributed by atoms with Crippen molar-refractivity contribution in [2.45, 2.75) is 26.8 Å². The van der Waals surface area contributed by atoms with Crippen LogP contribution in [0.1, 0.15) is 24.5 Å². The van der Waals surface area contributed by atoms with Crippen LogP contribution in [0.5, 0.6) is 0 Å². The van der Waals surface area contributed by atoms with Gasteiger partial charge in [-0.1, -0.05) is 49.4 Å². The second kappa shape index (κ2) is 6.23. The van der Waals surface area contributed by atoms with E-state index in [1.807, 2.05) is 0 Å². The molecule has 1 atom stereocenters. The Morgan fingerprint density at radius 1 is 1.14 bits per heavy atom. The van der Waals surface area contributed by atoms with Gasteiger partial charge in [0.05, 0.1) is 0 Å². The Kier molecular flexibility index (Phi) is 4.32. The summed E-state index contributed by atoms with van der Waals surface area (Å²) in [5, 5.41) is 0. The summed E-state index contributed by atoms with van der Waals surface area (Å²) in [5.41, 5.74) is 11.6. The summed E-state index contributed by atoms with van der Waals surface area (Å²) in [6.07, 6.45) is 1.21. The van der Waals surface area contributed by atoms with E-state index < -0.39 is 0 Å². The van der Waals surface area contributed by atoms with Crippen LogP contribution in [0, 0.1) is 12.3 Å². The lowest BCUT2D eigenvalue weighted by molar-refractivity contribution is 0.274. The van der Waals surface area contributed by atoms with E-state index >= 15 is 0 Å². The minimum atomic E-state index is 0.299. The van der Waals surface area contributed by atoms with Gasteiger partial charge in [-0.15, -0.1) is 0 Å². The minimum absolute atomic E-state index is 0.299. The standard InChI is InChI=1S/C20H26N2/c1-16-6-3-4-9-19(16)18-8-5-7-17(12-18)13-22-11-10-20(2,14-21)15-22/h3-9,12H,10-11,13-15,21H2,1-2H3. The number of nitrogens with two attached hydrogens (primary N) is 1. The molecule has 2 N–H and O–H groups in total. The van der Waals surface area contributed by atoms with Gasteiger partial charge < -0.3 is 5.73 Å². The normalized spacial score (nSPS) is 22.1. The molecule has 1 aliphatic heterocycles. The number of rotatable bonds is 4. The van der Waals surface area contributed by atoms with Crippen molar-refractivity contribution >= 4 is 0 Å². The molecule has 1 heterocycles. The van der Waals surface area contributed by atoms with Gasteiger partial charge in [-0.25, -0.2) is 0 Å². The largest absolute Gasteiger partial charge is 0.330 e. The molecule has 2 aromatic rings. The summed E-state index contributed by atoms with van der Waals surface area (Å²) in [5.74, 6) is 0. The van der Waals surface area contributed by atoms with Gasteiger partial charge in [0, 0.05) is 13.1 Å². The molecule has 3 rings (SSSR count). The lowest BCUT2D eigenvalue weighted by Gasteiger charge is -2.22. The van der Waals surface area contributed by atoms with Crippen molar-refractivity contribution in [2.24, 2.45) is 11.1 Å². The lowest BCUT2D eigenvalue weighted by atomic mass is 9.90. The van der Waals surface area contributed by atoms with Gasteiger partial charge in [0.25, 0.3) is 0 Å². The first-order valence-corrected chi connectivity index (χ1v) is 8.17. The SMILES string of the molecule is Cc1ccccc1-c1cccc(CN2CCC(C)(CN)C2)c1. The molecule has 0 aromatic heterocycles. The maximum Gasteiger partial charge on any atom is 0.0234 e. The van der Waals surface area contributed by atoms with Gasteiger partial charge in [-0.3, -0.25) is 4.90 Å². The highest BCUT2D eigenvalue weighted by atomic mass is 15.2. The molecule has 0 aliphatic carbocycles. The topological polar surface area (TPSA) is 29.3 Å². The van der Waals surface area contributed by atoms with Crippen LogP contribution in [-0.4, -0.2) is 24.5 Å². The summed E-state index contributed by atoms with van der Waals surface area (Å²) >= 11 is 0. The van der Waals surface area contributed by atoms with Crippen LogP contribution in [-0.2, 0) is 6.54 Å². The number of benzene rings is 2. The Balaban J connectivity index is 1.77. The monoisotopic (exact) mass is 294 g/mol. The zero-order chi connectivity index (χ0) is 15.6. The van der Waals surface area contributed by atoms with Crippen LogP contribution >= 0.6 is 0 Å². The third-order valence-corrected chi connectivity index (χ3v) is 4.92. The molecule has 0 radical (unpaired) electrons. The van der Waals surface area contributed by atoms with Gasteiger partial charge in [-0.2, -0.15) is 0 Å². The predicted octanol–water partition coefficient (Wildman–Crippen LogP) is 3.83. The molecule has 1 aliphatic rings. The molecule has 22 heavy (non-hydrogen) atoms. The highest BCUT2D eigenvalue weighted by Crippen LogP contribution is 2.30. The minimum Gasteiger partial charge on any atom is -0.330 e. The molecule has 1 fully saturated rings. The smallest absolute Gasteiger partial charge is 0.0234 e. The van der Waals surface area contributed by atoms with E-state index in [-0.39, 0.29) is 0 Å². The van der Waals surface area contributed by atoms with Gasteiger partial charge >= 0.3 is 0 Å². The molecule has 0 saturated carbocycles. The molecule has 116 valence electrons. The Labute approximate surface area is 134 Å². The van der Waals surface area contributed by atoms with E-state index in [4.69, 9.17) is 5.73 Å². The zero-order valence-electron chi connectivity index (χ0n) is 13.7. The average molecular weight is 294 g/mol. The van der Waals surface area contributed by atoms with Crippen molar-refractivity contribution < 1.29 is 0 Å². The molecule has 2 nitrogen and oxygen atoms in total. The molecule has 2 aromatic carbocycles. The number of hydrogen-bond donors (Lipinski definition) is 1. The fraction of sp³-hybridized carbons (Fsp3) is 0.400. The van der Waals surface area contributed by atoms with Crippen molar-refractivity contribution in [3.05, 3.63) is 59.7 Å². The van der Waals surface area contributed by atoms with E-state index in [2.05, 4.69) is 67.3 Å².